The lowest BCUT2D eigenvalue weighted by atomic mass is 9.86. The number of hydrogen-bond donors (Lipinski definition) is 2. The molecule has 1 atom stereocenters. The second-order valence-corrected chi connectivity index (χ2v) is 7.98. The van der Waals surface area contributed by atoms with Crippen LogP contribution in [0.15, 0.2) is 24.3 Å². The van der Waals surface area contributed by atoms with Crippen LogP contribution >= 0.6 is 0 Å². The maximum Gasteiger partial charge on any atom is 0.319 e. The molecule has 1 aromatic rings. The predicted molar refractivity (Wildman–Crippen MR) is 108 cm³/mol. The largest absolute Gasteiger partial charge is 0.497 e. The summed E-state index contributed by atoms with van der Waals surface area (Å²) in [5.74, 6) is 0.694. The maximum absolute atomic E-state index is 12.9. The van der Waals surface area contributed by atoms with E-state index in [2.05, 4.69) is 10.6 Å². The number of benzene rings is 1. The summed E-state index contributed by atoms with van der Waals surface area (Å²) in [6.45, 7) is 2.55. The normalized spacial score (nSPS) is 21.6. The molecule has 29 heavy (non-hydrogen) atoms. The third-order valence-corrected chi connectivity index (χ3v) is 5.41. The second-order valence-electron chi connectivity index (χ2n) is 7.98. The Bertz CT molecular complexity index is 784. The van der Waals surface area contributed by atoms with Crippen LogP contribution in [0, 0.1) is 5.41 Å². The zero-order valence-electron chi connectivity index (χ0n) is 17.2. The van der Waals surface area contributed by atoms with Crippen LogP contribution in [-0.2, 0) is 11.3 Å². The molecule has 0 aliphatic carbocycles. The summed E-state index contributed by atoms with van der Waals surface area (Å²) in [7, 11) is 5.01. The van der Waals surface area contributed by atoms with Gasteiger partial charge in [0, 0.05) is 65.2 Å². The summed E-state index contributed by atoms with van der Waals surface area (Å²) in [5, 5.41) is 5.81. The van der Waals surface area contributed by atoms with Gasteiger partial charge in [-0.05, 0) is 17.7 Å². The first kappa shape index (κ1) is 20.8. The minimum atomic E-state index is -0.466. The van der Waals surface area contributed by atoms with Gasteiger partial charge in [0.1, 0.15) is 5.75 Å². The Morgan fingerprint density at radius 2 is 1.97 bits per heavy atom. The third-order valence-electron chi connectivity index (χ3n) is 5.41. The summed E-state index contributed by atoms with van der Waals surface area (Å²) >= 11 is 0. The van der Waals surface area contributed by atoms with Crippen molar-refractivity contribution in [2.24, 2.45) is 5.41 Å². The molecule has 158 valence electrons. The fraction of sp³-hybridized carbons (Fsp3) is 0.550. The van der Waals surface area contributed by atoms with Gasteiger partial charge in [0.25, 0.3) is 0 Å². The zero-order valence-corrected chi connectivity index (χ0v) is 17.2. The first-order valence-electron chi connectivity index (χ1n) is 9.70. The number of rotatable bonds is 3. The van der Waals surface area contributed by atoms with Crippen molar-refractivity contribution >= 4 is 18.0 Å². The number of methoxy groups -OCH3 is 1. The fourth-order valence-corrected chi connectivity index (χ4v) is 3.93. The van der Waals surface area contributed by atoms with Gasteiger partial charge in [-0.3, -0.25) is 4.79 Å². The SMILES string of the molecule is COc1cccc(CNC(=O)N2CCN(C(=O)N(C)C)C[C@]3(CNC(=O)C3)C2)c1. The fourth-order valence-electron chi connectivity index (χ4n) is 3.93. The lowest BCUT2D eigenvalue weighted by Crippen LogP contribution is -2.48. The predicted octanol–water partition coefficient (Wildman–Crippen LogP) is 0.710. The Kier molecular flexibility index (Phi) is 6.14. The first-order chi connectivity index (χ1) is 13.8. The van der Waals surface area contributed by atoms with Crippen molar-refractivity contribution in [2.45, 2.75) is 13.0 Å². The smallest absolute Gasteiger partial charge is 0.319 e. The molecule has 2 aliphatic heterocycles. The highest BCUT2D eigenvalue weighted by Gasteiger charge is 2.45. The number of urea groups is 2. The van der Waals surface area contributed by atoms with E-state index in [0.29, 0.717) is 45.7 Å². The number of nitrogens with one attached hydrogen (secondary N) is 2. The number of hydrogen-bond acceptors (Lipinski definition) is 4. The van der Waals surface area contributed by atoms with Crippen LogP contribution in [0.5, 0.6) is 5.75 Å². The van der Waals surface area contributed by atoms with Crippen molar-refractivity contribution in [1.82, 2.24) is 25.3 Å². The minimum absolute atomic E-state index is 0.0408. The van der Waals surface area contributed by atoms with Gasteiger partial charge < -0.3 is 30.1 Å². The molecule has 9 nitrogen and oxygen atoms in total. The van der Waals surface area contributed by atoms with E-state index in [4.69, 9.17) is 4.74 Å². The molecule has 1 spiro atoms. The second kappa shape index (κ2) is 8.59. The van der Waals surface area contributed by atoms with Crippen LogP contribution in [0.1, 0.15) is 12.0 Å². The number of nitrogens with zero attached hydrogens (tertiary/aromatic N) is 3. The Morgan fingerprint density at radius 1 is 1.24 bits per heavy atom. The lowest BCUT2D eigenvalue weighted by molar-refractivity contribution is -0.119. The third kappa shape index (κ3) is 4.90. The molecule has 9 heteroatoms. The number of carbonyl (C=O) groups excluding carboxylic acids is 3. The van der Waals surface area contributed by atoms with Gasteiger partial charge in [0.2, 0.25) is 5.91 Å². The van der Waals surface area contributed by atoms with E-state index in [1.807, 2.05) is 24.3 Å². The average Bonchev–Trinajstić information content (AvgIpc) is 2.96. The Balaban J connectivity index is 1.70. The topological polar surface area (TPSA) is 94.2 Å². The highest BCUT2D eigenvalue weighted by atomic mass is 16.5. The van der Waals surface area contributed by atoms with Crippen molar-refractivity contribution in [3.8, 4) is 5.75 Å². The van der Waals surface area contributed by atoms with Crippen LogP contribution in [0.25, 0.3) is 0 Å². The quantitative estimate of drug-likeness (QED) is 0.777. The molecule has 0 bridgehead atoms. The molecule has 2 heterocycles. The van der Waals surface area contributed by atoms with E-state index >= 15 is 0 Å². The molecule has 3 rings (SSSR count). The zero-order chi connectivity index (χ0) is 21.0. The average molecular weight is 403 g/mol. The van der Waals surface area contributed by atoms with E-state index in [-0.39, 0.29) is 18.0 Å². The van der Waals surface area contributed by atoms with E-state index in [0.717, 1.165) is 11.3 Å². The van der Waals surface area contributed by atoms with Crippen LogP contribution in [0.2, 0.25) is 0 Å². The van der Waals surface area contributed by atoms with Crippen molar-refractivity contribution in [1.29, 1.82) is 0 Å². The molecule has 2 aliphatic rings. The lowest BCUT2D eigenvalue weighted by Gasteiger charge is -2.33. The molecule has 0 unspecified atom stereocenters. The molecule has 5 amide bonds. The van der Waals surface area contributed by atoms with Gasteiger partial charge in [-0.2, -0.15) is 0 Å². The Morgan fingerprint density at radius 3 is 2.62 bits per heavy atom. The number of carbonyl (C=O) groups is 3. The molecular formula is C20H29N5O4. The van der Waals surface area contributed by atoms with Crippen LogP contribution in [0.4, 0.5) is 9.59 Å². The van der Waals surface area contributed by atoms with Crippen LogP contribution in [-0.4, -0.2) is 86.6 Å². The molecule has 0 saturated carbocycles. The van der Waals surface area contributed by atoms with Crippen LogP contribution in [0.3, 0.4) is 0 Å². The highest BCUT2D eigenvalue weighted by Crippen LogP contribution is 2.31. The number of ether oxygens (including phenoxy) is 1. The van der Waals surface area contributed by atoms with Gasteiger partial charge in [0.05, 0.1) is 7.11 Å². The van der Waals surface area contributed by atoms with Gasteiger partial charge >= 0.3 is 12.1 Å². The summed E-state index contributed by atoms with van der Waals surface area (Å²) < 4.78 is 5.22. The summed E-state index contributed by atoms with van der Waals surface area (Å²) in [6, 6.07) is 7.21. The van der Waals surface area contributed by atoms with Crippen molar-refractivity contribution < 1.29 is 19.1 Å². The molecule has 0 radical (unpaired) electrons. The Labute approximate surface area is 171 Å². The molecule has 2 fully saturated rings. The van der Waals surface area contributed by atoms with E-state index < -0.39 is 5.41 Å². The summed E-state index contributed by atoms with van der Waals surface area (Å²) in [5.41, 5.74) is 0.469. The van der Waals surface area contributed by atoms with Crippen molar-refractivity contribution in [3.63, 3.8) is 0 Å². The Hall–Kier alpha value is -2.97. The van der Waals surface area contributed by atoms with E-state index in [1.165, 1.54) is 4.90 Å². The van der Waals surface area contributed by atoms with Crippen molar-refractivity contribution in [3.05, 3.63) is 29.8 Å². The van der Waals surface area contributed by atoms with Gasteiger partial charge in [-0.25, -0.2) is 9.59 Å². The van der Waals surface area contributed by atoms with Crippen LogP contribution < -0.4 is 15.4 Å². The van der Waals surface area contributed by atoms with E-state index in [9.17, 15) is 14.4 Å². The maximum atomic E-state index is 12.9. The molecule has 2 N–H and O–H groups in total. The standard InChI is InChI=1S/C20H29N5O4/c1-23(2)19(28)25-8-7-24(13-20(14-25)10-17(26)22-12-20)18(27)21-11-15-5-4-6-16(9-15)29-3/h4-6,9H,7-8,10-14H2,1-3H3,(H,21,27)(H,22,26)/t20-/m1/s1. The van der Waals surface area contributed by atoms with E-state index in [1.54, 1.807) is 31.0 Å². The monoisotopic (exact) mass is 403 g/mol. The molecule has 2 saturated heterocycles. The van der Waals surface area contributed by atoms with Gasteiger partial charge in [0.15, 0.2) is 0 Å². The summed E-state index contributed by atoms with van der Waals surface area (Å²) in [6.07, 6.45) is 0.309. The molecule has 1 aromatic carbocycles. The summed E-state index contributed by atoms with van der Waals surface area (Å²) in [4.78, 5) is 42.3. The highest BCUT2D eigenvalue weighted by molar-refractivity contribution is 5.80. The van der Waals surface area contributed by atoms with Crippen molar-refractivity contribution in [2.75, 3.05) is 53.9 Å². The van der Waals surface area contributed by atoms with Gasteiger partial charge in [-0.15, -0.1) is 0 Å². The minimum Gasteiger partial charge on any atom is -0.497 e. The first-order valence-corrected chi connectivity index (χ1v) is 9.70. The van der Waals surface area contributed by atoms with Gasteiger partial charge in [-0.1, -0.05) is 12.1 Å². The molecule has 0 aromatic heterocycles. The number of amides is 5. The molecular weight excluding hydrogens is 374 g/mol.